The molecule has 0 aromatic heterocycles. The van der Waals surface area contributed by atoms with Gasteiger partial charge in [-0.2, -0.15) is 19.2 Å². The van der Waals surface area contributed by atoms with Gasteiger partial charge >= 0.3 is 48.5 Å². The molecule has 0 atom stereocenters. The molecule has 4 aromatic rings. The van der Waals surface area contributed by atoms with Gasteiger partial charge in [0.15, 0.2) is 0 Å². The first-order chi connectivity index (χ1) is 31.3. The zero-order valence-corrected chi connectivity index (χ0v) is 34.4. The molecular weight excluding hydrogens is 876 g/mol. The fourth-order valence-corrected chi connectivity index (χ4v) is 4.58. The summed E-state index contributed by atoms with van der Waals surface area (Å²) < 4.78 is 40.1. The predicted molar refractivity (Wildman–Crippen MR) is 206 cm³/mol. The highest BCUT2D eigenvalue weighted by molar-refractivity contribution is 5.91. The van der Waals surface area contributed by atoms with Gasteiger partial charge in [0.1, 0.15) is 54.8 Å². The number of methoxy groups -OCH3 is 4. The molecule has 344 valence electrons. The Morgan fingerprint density at radius 2 is 0.492 bits per heavy atom. The van der Waals surface area contributed by atoms with Crippen molar-refractivity contribution in [2.75, 3.05) is 54.9 Å². The van der Waals surface area contributed by atoms with Crippen molar-refractivity contribution in [3.63, 3.8) is 0 Å². The molecule has 0 aliphatic heterocycles. The summed E-state index contributed by atoms with van der Waals surface area (Å²) in [6, 6.07) is 21.5. The van der Waals surface area contributed by atoms with Gasteiger partial charge < -0.3 is 37.9 Å². The molecule has 0 fully saturated rings. The van der Waals surface area contributed by atoms with E-state index in [4.69, 9.17) is 37.9 Å². The summed E-state index contributed by atoms with van der Waals surface area (Å²) in [5, 5.41) is 0. The van der Waals surface area contributed by atoms with E-state index in [1.165, 1.54) is 126 Å². The Hall–Kier alpha value is -8.96. The molecule has 0 N–H and O–H groups in total. The number of carbonyl (C=O) groups is 8. The third-order valence-corrected chi connectivity index (χ3v) is 8.03. The number of hydrogen-bond donors (Lipinski definition) is 0. The smallest absolute Gasteiger partial charge is 0.497 e. The lowest BCUT2D eigenvalue weighted by Gasteiger charge is -2.30. The van der Waals surface area contributed by atoms with E-state index < -0.39 is 80.3 Å². The average Bonchev–Trinajstić information content (AvgIpc) is 3.35. The lowest BCUT2D eigenvalue weighted by atomic mass is 9.92. The zero-order valence-electron chi connectivity index (χ0n) is 34.4. The lowest BCUT2D eigenvalue weighted by Crippen LogP contribution is -2.44. The van der Waals surface area contributed by atoms with Crippen LogP contribution in [0.25, 0.3) is 0 Å². The summed E-state index contributed by atoms with van der Waals surface area (Å²) in [5.41, 5.74) is -2.65. The molecule has 24 nitrogen and oxygen atoms in total. The topological polar surface area (TPSA) is 284 Å². The minimum atomic E-state index is -2.28. The second kappa shape index (κ2) is 24.5. The third-order valence-electron chi connectivity index (χ3n) is 8.03. The van der Waals surface area contributed by atoms with Crippen LogP contribution in [-0.2, 0) is 58.0 Å². The highest BCUT2D eigenvalue weighted by Crippen LogP contribution is 2.24. The van der Waals surface area contributed by atoms with Crippen molar-refractivity contribution >= 4 is 48.5 Å². The number of hydrogen-bond acceptors (Lipinski definition) is 24. The van der Waals surface area contributed by atoms with E-state index in [9.17, 15) is 38.4 Å². The largest absolute Gasteiger partial charge is 0.549 e. The zero-order chi connectivity index (χ0) is 47.2. The van der Waals surface area contributed by atoms with E-state index in [-0.39, 0.29) is 22.3 Å². The SMILES string of the molecule is COc1ccc(C(=O)OOC(=O)OCC(COC(=O)OOC(=O)c2ccc(OC)cc2)(COC(=O)OOC(=O)c2ccc(OC)cc2)COC(=O)OOC(=O)c2ccc(OC)cc2)cc1. The van der Waals surface area contributed by atoms with Crippen LogP contribution in [0.5, 0.6) is 23.0 Å². The van der Waals surface area contributed by atoms with Crippen LogP contribution in [0.15, 0.2) is 97.1 Å². The molecule has 0 amide bonds. The van der Waals surface area contributed by atoms with Gasteiger partial charge in [-0.3, -0.25) is 0 Å². The highest BCUT2D eigenvalue weighted by Gasteiger charge is 2.40. The molecule has 0 bridgehead atoms. The first kappa shape index (κ1) is 48.7. The molecule has 0 spiro atoms. The van der Waals surface area contributed by atoms with E-state index in [0.29, 0.717) is 23.0 Å². The fourth-order valence-electron chi connectivity index (χ4n) is 4.58. The van der Waals surface area contributed by atoms with E-state index >= 15 is 0 Å². The molecular formula is C41H36O24. The van der Waals surface area contributed by atoms with Crippen molar-refractivity contribution in [3.8, 4) is 23.0 Å². The van der Waals surface area contributed by atoms with Crippen LogP contribution in [0.2, 0.25) is 0 Å². The van der Waals surface area contributed by atoms with Crippen molar-refractivity contribution in [1.82, 2.24) is 0 Å². The maximum absolute atomic E-state index is 12.7. The van der Waals surface area contributed by atoms with E-state index in [0.717, 1.165) is 0 Å². The Kier molecular flexibility index (Phi) is 18.3. The summed E-state index contributed by atoms with van der Waals surface area (Å²) in [6.07, 6.45) is -6.95. The van der Waals surface area contributed by atoms with Crippen molar-refractivity contribution < 1.29 is 115 Å². The van der Waals surface area contributed by atoms with Gasteiger partial charge in [0.05, 0.1) is 50.7 Å². The Bertz CT molecular complexity index is 1930. The molecule has 0 unspecified atom stereocenters. The highest BCUT2D eigenvalue weighted by atomic mass is 17.3. The van der Waals surface area contributed by atoms with Gasteiger partial charge in [0.25, 0.3) is 0 Å². The average molecular weight is 913 g/mol. The summed E-state index contributed by atoms with van der Waals surface area (Å²) in [5.74, 6) is -3.11. The summed E-state index contributed by atoms with van der Waals surface area (Å²) >= 11 is 0. The molecule has 0 saturated carbocycles. The molecule has 0 aliphatic carbocycles. The number of rotatable bonds is 16. The Labute approximate surface area is 366 Å². The second-order valence-corrected chi connectivity index (χ2v) is 12.4. The lowest BCUT2D eigenvalue weighted by molar-refractivity contribution is -0.223. The standard InChI is InChI=1S/C41H36O24/c1-50-29-13-5-25(6-14-29)33(42)58-62-37(46)54-21-41(22-55-38(47)63-59-34(43)26-7-15-30(51-2)16-8-26,23-56-39(48)64-60-35(44)27-9-17-31(52-3)18-10-27)24-57-40(49)65-61-36(45)28-11-19-32(53-4)20-12-28/h5-20H,21-24H2,1-4H3. The van der Waals surface area contributed by atoms with E-state index in [1.54, 1.807) is 0 Å². The number of ether oxygens (including phenoxy) is 8. The van der Waals surface area contributed by atoms with Crippen LogP contribution in [-0.4, -0.2) is 103 Å². The molecule has 0 heterocycles. The maximum Gasteiger partial charge on any atom is 0.549 e. The second-order valence-electron chi connectivity index (χ2n) is 12.4. The Morgan fingerprint density at radius 1 is 0.308 bits per heavy atom. The predicted octanol–water partition coefficient (Wildman–Crippen LogP) is 5.71. The van der Waals surface area contributed by atoms with Crippen LogP contribution in [0.1, 0.15) is 41.4 Å². The number of carbonyl (C=O) groups excluding carboxylic acids is 8. The summed E-state index contributed by atoms with van der Waals surface area (Å²) in [7, 11) is 5.55. The summed E-state index contributed by atoms with van der Waals surface area (Å²) in [4.78, 5) is 136. The van der Waals surface area contributed by atoms with Gasteiger partial charge in [-0.25, -0.2) is 58.3 Å². The molecule has 24 heteroatoms. The van der Waals surface area contributed by atoms with E-state index in [1.807, 2.05) is 0 Å². The quantitative estimate of drug-likeness (QED) is 0.0563. The fraction of sp³-hybridized carbons (Fsp3) is 0.220. The van der Waals surface area contributed by atoms with Gasteiger partial charge in [-0.1, -0.05) is 0 Å². The van der Waals surface area contributed by atoms with Crippen molar-refractivity contribution in [3.05, 3.63) is 119 Å². The van der Waals surface area contributed by atoms with Crippen LogP contribution >= 0.6 is 0 Å². The monoisotopic (exact) mass is 912 g/mol. The van der Waals surface area contributed by atoms with Gasteiger partial charge in [-0.15, -0.1) is 0 Å². The van der Waals surface area contributed by atoms with Gasteiger partial charge in [-0.05, 0) is 97.1 Å². The first-order valence-corrected chi connectivity index (χ1v) is 18.1. The van der Waals surface area contributed by atoms with Crippen molar-refractivity contribution in [2.45, 2.75) is 0 Å². The molecule has 65 heavy (non-hydrogen) atoms. The van der Waals surface area contributed by atoms with Crippen LogP contribution in [0.4, 0.5) is 19.2 Å². The normalized spacial score (nSPS) is 10.3. The minimum absolute atomic E-state index is 0.0910. The minimum Gasteiger partial charge on any atom is -0.497 e. The van der Waals surface area contributed by atoms with Gasteiger partial charge in [0, 0.05) is 0 Å². The molecule has 0 saturated heterocycles. The third kappa shape index (κ3) is 15.8. The van der Waals surface area contributed by atoms with Gasteiger partial charge in [0.2, 0.25) is 0 Å². The van der Waals surface area contributed by atoms with Crippen molar-refractivity contribution in [2.24, 2.45) is 5.41 Å². The summed E-state index contributed by atoms with van der Waals surface area (Å²) in [6.45, 7) is -4.54. The van der Waals surface area contributed by atoms with E-state index in [2.05, 4.69) is 39.1 Å². The number of benzene rings is 4. The molecule has 0 aliphatic rings. The van der Waals surface area contributed by atoms with Crippen LogP contribution in [0, 0.1) is 5.41 Å². The Morgan fingerprint density at radius 3 is 0.662 bits per heavy atom. The molecule has 0 radical (unpaired) electrons. The van der Waals surface area contributed by atoms with Crippen LogP contribution in [0.3, 0.4) is 0 Å². The Balaban J connectivity index is 1.49. The van der Waals surface area contributed by atoms with Crippen molar-refractivity contribution in [1.29, 1.82) is 0 Å². The molecule has 4 rings (SSSR count). The van der Waals surface area contributed by atoms with Crippen LogP contribution < -0.4 is 18.9 Å². The first-order valence-electron chi connectivity index (χ1n) is 18.1. The molecule has 4 aromatic carbocycles. The maximum atomic E-state index is 12.7.